The van der Waals surface area contributed by atoms with Crippen molar-refractivity contribution in [2.45, 2.75) is 18.2 Å². The molecule has 0 aromatic heterocycles. The second kappa shape index (κ2) is 3.52. The third-order valence-corrected chi connectivity index (χ3v) is 2.47. The second-order valence-corrected chi connectivity index (χ2v) is 3.35. The first-order chi connectivity index (χ1) is 4.33. The summed E-state index contributed by atoms with van der Waals surface area (Å²) in [7, 11) is 0. The van der Waals surface area contributed by atoms with Gasteiger partial charge in [-0.05, 0) is 24.5 Å². The maximum Gasteiger partial charge on any atom is 0.0516 e. The number of hydrogen-bond donors (Lipinski definition) is 1. The molecule has 0 aliphatic heterocycles. The molecule has 0 aromatic rings. The molecule has 2 atom stereocenters. The average molecular weight is 163 g/mol. The molecular weight excluding hydrogens is 152 g/mol. The van der Waals surface area contributed by atoms with E-state index in [-0.39, 0.29) is 5.38 Å². The van der Waals surface area contributed by atoms with Crippen LogP contribution in [0.3, 0.4) is 0 Å². The van der Waals surface area contributed by atoms with Gasteiger partial charge in [0.1, 0.15) is 0 Å². The van der Waals surface area contributed by atoms with Crippen LogP contribution in [0.25, 0.3) is 0 Å². The van der Waals surface area contributed by atoms with Gasteiger partial charge in [-0.25, -0.2) is 0 Å². The van der Waals surface area contributed by atoms with E-state index in [0.29, 0.717) is 5.92 Å². The van der Waals surface area contributed by atoms with Crippen molar-refractivity contribution in [3.63, 3.8) is 0 Å². The van der Waals surface area contributed by atoms with Crippen LogP contribution in [0.4, 0.5) is 0 Å². The van der Waals surface area contributed by atoms with E-state index in [1.807, 2.05) is 0 Å². The highest BCUT2D eigenvalue weighted by Crippen LogP contribution is 2.21. The lowest BCUT2D eigenvalue weighted by molar-refractivity contribution is 0.596. The van der Waals surface area contributed by atoms with Crippen molar-refractivity contribution in [3.8, 4) is 0 Å². The average Bonchev–Trinajstić information content (AvgIpc) is 1.90. The van der Waals surface area contributed by atoms with Crippen molar-refractivity contribution in [2.75, 3.05) is 5.75 Å². The first kappa shape index (κ1) is 7.49. The standard InChI is InChI=1S/C7H11ClS/c8-7-3-1-6(5-9)2-4-7/h1,3,6-7,9H,2,4-5H2. The number of thiol groups is 1. The highest BCUT2D eigenvalue weighted by atomic mass is 35.5. The van der Waals surface area contributed by atoms with Gasteiger partial charge in [0.25, 0.3) is 0 Å². The maximum absolute atomic E-state index is 5.83. The third-order valence-electron chi connectivity index (χ3n) is 1.64. The normalized spacial score (nSPS) is 34.9. The van der Waals surface area contributed by atoms with Gasteiger partial charge >= 0.3 is 0 Å². The van der Waals surface area contributed by atoms with Crippen LogP contribution in [0, 0.1) is 5.92 Å². The fraction of sp³-hybridized carbons (Fsp3) is 0.714. The van der Waals surface area contributed by atoms with Gasteiger partial charge in [-0.15, -0.1) is 11.6 Å². The fourth-order valence-corrected chi connectivity index (χ4v) is 1.51. The second-order valence-electron chi connectivity index (χ2n) is 2.42. The number of alkyl halides is 1. The van der Waals surface area contributed by atoms with Gasteiger partial charge < -0.3 is 0 Å². The van der Waals surface area contributed by atoms with Gasteiger partial charge in [0.05, 0.1) is 5.38 Å². The largest absolute Gasteiger partial charge is 0.179 e. The summed E-state index contributed by atoms with van der Waals surface area (Å²) in [5.41, 5.74) is 0. The Morgan fingerprint density at radius 2 is 2.22 bits per heavy atom. The van der Waals surface area contributed by atoms with Gasteiger partial charge in [0.2, 0.25) is 0 Å². The van der Waals surface area contributed by atoms with Gasteiger partial charge in [-0.2, -0.15) is 12.6 Å². The van der Waals surface area contributed by atoms with E-state index in [2.05, 4.69) is 24.8 Å². The predicted molar refractivity (Wildman–Crippen MR) is 45.4 cm³/mol. The molecule has 2 heteroatoms. The number of allylic oxidation sites excluding steroid dienone is 2. The van der Waals surface area contributed by atoms with Crippen molar-refractivity contribution in [1.29, 1.82) is 0 Å². The molecule has 1 aliphatic rings. The zero-order valence-electron chi connectivity index (χ0n) is 5.26. The van der Waals surface area contributed by atoms with E-state index < -0.39 is 0 Å². The lowest BCUT2D eigenvalue weighted by Gasteiger charge is -2.16. The minimum Gasteiger partial charge on any atom is -0.179 e. The van der Waals surface area contributed by atoms with Gasteiger partial charge in [-0.3, -0.25) is 0 Å². The SMILES string of the molecule is SCC1C=CC(Cl)CC1. The van der Waals surface area contributed by atoms with Crippen LogP contribution in [0.1, 0.15) is 12.8 Å². The molecule has 52 valence electrons. The molecular formula is C7H11ClS. The Bertz CT molecular complexity index is 111. The zero-order chi connectivity index (χ0) is 6.69. The van der Waals surface area contributed by atoms with E-state index in [9.17, 15) is 0 Å². The zero-order valence-corrected chi connectivity index (χ0v) is 6.91. The highest BCUT2D eigenvalue weighted by molar-refractivity contribution is 7.80. The summed E-state index contributed by atoms with van der Waals surface area (Å²) in [5, 5.41) is 0.279. The quantitative estimate of drug-likeness (QED) is 0.342. The molecule has 0 heterocycles. The Hall–Kier alpha value is 0.380. The van der Waals surface area contributed by atoms with E-state index >= 15 is 0 Å². The lowest BCUT2D eigenvalue weighted by Crippen LogP contribution is -2.08. The molecule has 0 bridgehead atoms. The summed E-state index contributed by atoms with van der Waals surface area (Å²) >= 11 is 10.0. The van der Waals surface area contributed by atoms with Crippen LogP contribution in [0.2, 0.25) is 0 Å². The summed E-state index contributed by atoms with van der Waals surface area (Å²) in [6.07, 6.45) is 6.57. The van der Waals surface area contributed by atoms with Crippen molar-refractivity contribution < 1.29 is 0 Å². The van der Waals surface area contributed by atoms with Crippen molar-refractivity contribution >= 4 is 24.2 Å². The van der Waals surface area contributed by atoms with E-state index in [0.717, 1.165) is 12.2 Å². The third kappa shape index (κ3) is 2.23. The van der Waals surface area contributed by atoms with E-state index in [1.54, 1.807) is 0 Å². The molecule has 0 spiro atoms. The molecule has 0 saturated carbocycles. The first-order valence-corrected chi connectivity index (χ1v) is 4.33. The molecule has 2 unspecified atom stereocenters. The Balaban J connectivity index is 2.38. The summed E-state index contributed by atoms with van der Waals surface area (Å²) in [5.74, 6) is 1.63. The minimum absolute atomic E-state index is 0.279. The Kier molecular flexibility index (Phi) is 2.93. The molecule has 0 nitrogen and oxygen atoms in total. The van der Waals surface area contributed by atoms with Crippen molar-refractivity contribution in [1.82, 2.24) is 0 Å². The summed E-state index contributed by atoms with van der Waals surface area (Å²) < 4.78 is 0. The molecule has 0 fully saturated rings. The molecule has 0 radical (unpaired) electrons. The minimum atomic E-state index is 0.279. The molecule has 1 rings (SSSR count). The van der Waals surface area contributed by atoms with E-state index in [4.69, 9.17) is 11.6 Å². The number of halogens is 1. The molecule has 0 saturated heterocycles. The first-order valence-electron chi connectivity index (χ1n) is 3.26. The summed E-state index contributed by atoms with van der Waals surface area (Å²) in [6.45, 7) is 0. The van der Waals surface area contributed by atoms with E-state index in [1.165, 1.54) is 6.42 Å². The molecule has 0 amide bonds. The van der Waals surface area contributed by atoms with Crippen LogP contribution in [0.5, 0.6) is 0 Å². The fourth-order valence-electron chi connectivity index (χ4n) is 0.996. The van der Waals surface area contributed by atoms with Gasteiger partial charge in [-0.1, -0.05) is 12.2 Å². The van der Waals surface area contributed by atoms with Crippen LogP contribution in [-0.2, 0) is 0 Å². The van der Waals surface area contributed by atoms with Crippen molar-refractivity contribution in [3.05, 3.63) is 12.2 Å². The Labute approximate surface area is 66.7 Å². The van der Waals surface area contributed by atoms with Crippen LogP contribution in [-0.4, -0.2) is 11.1 Å². The lowest BCUT2D eigenvalue weighted by atomic mass is 9.98. The Morgan fingerprint density at radius 3 is 2.67 bits per heavy atom. The number of rotatable bonds is 1. The molecule has 1 aliphatic carbocycles. The molecule has 0 aromatic carbocycles. The molecule has 9 heavy (non-hydrogen) atoms. The van der Waals surface area contributed by atoms with Crippen LogP contribution >= 0.6 is 24.2 Å². The maximum atomic E-state index is 5.83. The highest BCUT2D eigenvalue weighted by Gasteiger charge is 2.11. The predicted octanol–water partition coefficient (Wildman–Crippen LogP) is 2.49. The van der Waals surface area contributed by atoms with Crippen molar-refractivity contribution in [2.24, 2.45) is 5.92 Å². The summed E-state index contributed by atoms with van der Waals surface area (Å²) in [4.78, 5) is 0. The van der Waals surface area contributed by atoms with Gasteiger partial charge in [0.15, 0.2) is 0 Å². The smallest absolute Gasteiger partial charge is 0.0516 e. The van der Waals surface area contributed by atoms with Crippen LogP contribution in [0.15, 0.2) is 12.2 Å². The Morgan fingerprint density at radius 1 is 1.44 bits per heavy atom. The molecule has 0 N–H and O–H groups in total. The monoisotopic (exact) mass is 162 g/mol. The summed E-state index contributed by atoms with van der Waals surface area (Å²) in [6, 6.07) is 0. The topological polar surface area (TPSA) is 0 Å². The van der Waals surface area contributed by atoms with Crippen LogP contribution < -0.4 is 0 Å². The number of hydrogen-bond acceptors (Lipinski definition) is 1. The van der Waals surface area contributed by atoms with Gasteiger partial charge in [0, 0.05) is 0 Å².